The number of phenolic OH excluding ortho intramolecular Hbond substituents is 1. The molecule has 0 bridgehead atoms. The molecule has 43 heavy (non-hydrogen) atoms. The lowest BCUT2D eigenvalue weighted by atomic mass is 9.53. The average molecular weight is 575 g/mol. The van der Waals surface area contributed by atoms with E-state index in [4.69, 9.17) is 9.47 Å². The van der Waals surface area contributed by atoms with Crippen LogP contribution in [-0.2, 0) is 26.1 Å². The fourth-order valence-corrected chi connectivity index (χ4v) is 8.69. The van der Waals surface area contributed by atoms with E-state index in [0.717, 1.165) is 66.7 Å². The molecule has 0 saturated heterocycles. The van der Waals surface area contributed by atoms with E-state index >= 15 is 0 Å². The first-order valence-electron chi connectivity index (χ1n) is 15.9. The third kappa shape index (κ3) is 5.42. The van der Waals surface area contributed by atoms with Gasteiger partial charge in [0.25, 0.3) is 0 Å². The summed E-state index contributed by atoms with van der Waals surface area (Å²) in [6.45, 7) is 3.32. The van der Waals surface area contributed by atoms with Gasteiger partial charge in [0.05, 0.1) is 5.60 Å². The van der Waals surface area contributed by atoms with Crippen LogP contribution in [0.1, 0.15) is 72.8 Å². The number of fused-ring (bicyclic) bond motifs is 5. The molecule has 0 heterocycles. The van der Waals surface area contributed by atoms with Crippen LogP contribution in [0.25, 0.3) is 0 Å². The number of aryl methyl sites for hydroxylation is 1. The second-order valence-corrected chi connectivity index (χ2v) is 13.4. The second-order valence-electron chi connectivity index (χ2n) is 13.4. The predicted octanol–water partition coefficient (Wildman–Crippen LogP) is 8.38. The van der Waals surface area contributed by atoms with Gasteiger partial charge in [-0.2, -0.15) is 0 Å². The smallest absolute Gasteiger partial charge is 0.123 e. The summed E-state index contributed by atoms with van der Waals surface area (Å²) in [5, 5.41) is 22.6. The van der Waals surface area contributed by atoms with Crippen molar-refractivity contribution in [2.45, 2.75) is 76.6 Å². The molecule has 7 rings (SSSR count). The topological polar surface area (TPSA) is 58.9 Å². The van der Waals surface area contributed by atoms with Crippen molar-refractivity contribution in [1.29, 1.82) is 0 Å². The molecular formula is C39H42O4. The van der Waals surface area contributed by atoms with E-state index in [9.17, 15) is 10.2 Å². The van der Waals surface area contributed by atoms with Gasteiger partial charge >= 0.3 is 0 Å². The number of rotatable bonds is 8. The molecule has 0 aromatic heterocycles. The molecular weight excluding hydrogens is 532 g/mol. The average Bonchev–Trinajstić information content (AvgIpc) is 3.29. The molecule has 0 radical (unpaired) electrons. The Labute approximate surface area is 255 Å². The van der Waals surface area contributed by atoms with Crippen LogP contribution in [-0.4, -0.2) is 15.8 Å². The van der Waals surface area contributed by atoms with Gasteiger partial charge in [0.2, 0.25) is 0 Å². The van der Waals surface area contributed by atoms with E-state index < -0.39 is 5.60 Å². The number of hydrogen-bond acceptors (Lipinski definition) is 4. The van der Waals surface area contributed by atoms with Crippen molar-refractivity contribution in [3.8, 4) is 17.2 Å². The Morgan fingerprint density at radius 1 is 0.721 bits per heavy atom. The summed E-state index contributed by atoms with van der Waals surface area (Å²) in [5.41, 5.74) is 5.10. The van der Waals surface area contributed by atoms with Gasteiger partial charge in [-0.15, -0.1) is 0 Å². The van der Waals surface area contributed by atoms with Crippen molar-refractivity contribution >= 4 is 0 Å². The van der Waals surface area contributed by atoms with Crippen molar-refractivity contribution in [3.63, 3.8) is 0 Å². The Balaban J connectivity index is 1.13. The highest BCUT2D eigenvalue weighted by Crippen LogP contribution is 2.65. The fraction of sp³-hybridized carbons (Fsp3) is 0.385. The largest absolute Gasteiger partial charge is 0.508 e. The van der Waals surface area contributed by atoms with Gasteiger partial charge in [-0.05, 0) is 114 Å². The van der Waals surface area contributed by atoms with Crippen LogP contribution in [0.4, 0.5) is 0 Å². The number of aromatic hydroxyl groups is 1. The second kappa shape index (κ2) is 11.4. The van der Waals surface area contributed by atoms with Crippen LogP contribution >= 0.6 is 0 Å². The minimum Gasteiger partial charge on any atom is -0.508 e. The first-order valence-corrected chi connectivity index (χ1v) is 15.9. The van der Waals surface area contributed by atoms with Crippen LogP contribution < -0.4 is 9.47 Å². The Kier molecular flexibility index (Phi) is 7.43. The number of hydrogen-bond donors (Lipinski definition) is 2. The summed E-state index contributed by atoms with van der Waals surface area (Å²) >= 11 is 0. The summed E-state index contributed by atoms with van der Waals surface area (Å²) in [7, 11) is 0. The van der Waals surface area contributed by atoms with E-state index in [1.165, 1.54) is 11.1 Å². The van der Waals surface area contributed by atoms with Crippen LogP contribution in [0.5, 0.6) is 17.2 Å². The van der Waals surface area contributed by atoms with Crippen LogP contribution in [0.15, 0.2) is 97.1 Å². The molecule has 2 saturated carbocycles. The Morgan fingerprint density at radius 2 is 1.37 bits per heavy atom. The molecule has 0 spiro atoms. The molecule has 4 nitrogen and oxygen atoms in total. The molecule has 4 heteroatoms. The fourth-order valence-electron chi connectivity index (χ4n) is 8.69. The Morgan fingerprint density at radius 3 is 2.02 bits per heavy atom. The molecule has 5 atom stereocenters. The van der Waals surface area contributed by atoms with Gasteiger partial charge in [-0.25, -0.2) is 0 Å². The zero-order chi connectivity index (χ0) is 29.4. The summed E-state index contributed by atoms with van der Waals surface area (Å²) in [6, 6.07) is 32.6. The van der Waals surface area contributed by atoms with Gasteiger partial charge in [0.15, 0.2) is 0 Å². The number of aliphatic hydroxyl groups is 1. The quantitative estimate of drug-likeness (QED) is 0.222. The standard InChI is InChI=1S/C39H42O4/c1-38-18-16-35-34-15-13-31(40)22-30(34)12-14-36(35)37(38)17-19-39(38,41)24-29-20-32(42-25-27-8-4-2-5-9-27)23-33(21-29)43-26-28-10-6-3-7-11-28/h2-11,13,15,20-23,35-37,40-41H,12,14,16-19,24-26H2,1H3/t35-,36-,37+,38+,39-/m1/s1. The molecule has 3 aliphatic rings. The Bertz CT molecular complexity index is 1510. The lowest BCUT2D eigenvalue weighted by Crippen LogP contribution is -2.51. The number of phenols is 1. The predicted molar refractivity (Wildman–Crippen MR) is 169 cm³/mol. The summed E-state index contributed by atoms with van der Waals surface area (Å²) in [6.07, 6.45) is 6.71. The highest BCUT2D eigenvalue weighted by molar-refractivity contribution is 5.42. The van der Waals surface area contributed by atoms with Crippen LogP contribution in [0, 0.1) is 17.3 Å². The molecule has 4 aromatic rings. The number of benzene rings is 4. The maximum Gasteiger partial charge on any atom is 0.123 e. The molecule has 4 aromatic carbocycles. The minimum atomic E-state index is -0.785. The summed E-state index contributed by atoms with van der Waals surface area (Å²) in [4.78, 5) is 0. The van der Waals surface area contributed by atoms with Crippen LogP contribution in [0.2, 0.25) is 0 Å². The third-order valence-corrected chi connectivity index (χ3v) is 11.0. The van der Waals surface area contributed by atoms with Gasteiger partial charge in [0.1, 0.15) is 30.5 Å². The lowest BCUT2D eigenvalue weighted by Gasteiger charge is -2.53. The van der Waals surface area contributed by atoms with Crippen molar-refractivity contribution in [1.82, 2.24) is 0 Å². The maximum atomic E-state index is 12.5. The third-order valence-electron chi connectivity index (χ3n) is 11.0. The first-order chi connectivity index (χ1) is 20.9. The normalized spacial score (nSPS) is 27.5. The van der Waals surface area contributed by atoms with Gasteiger partial charge in [0, 0.05) is 12.5 Å². The molecule has 222 valence electrons. The summed E-state index contributed by atoms with van der Waals surface area (Å²) in [5.74, 6) is 3.50. The molecule has 2 N–H and O–H groups in total. The molecule has 0 unspecified atom stereocenters. The van der Waals surface area contributed by atoms with Gasteiger partial charge in [-0.3, -0.25) is 0 Å². The van der Waals surface area contributed by atoms with E-state index in [2.05, 4.69) is 49.4 Å². The van der Waals surface area contributed by atoms with Gasteiger partial charge < -0.3 is 19.7 Å². The summed E-state index contributed by atoms with van der Waals surface area (Å²) < 4.78 is 12.6. The molecule has 0 aliphatic heterocycles. The monoisotopic (exact) mass is 574 g/mol. The van der Waals surface area contributed by atoms with Gasteiger partial charge in [-0.1, -0.05) is 73.7 Å². The van der Waals surface area contributed by atoms with Crippen molar-refractivity contribution in [2.24, 2.45) is 17.3 Å². The Hall–Kier alpha value is -3.76. The van der Waals surface area contributed by atoms with Crippen molar-refractivity contribution < 1.29 is 19.7 Å². The van der Waals surface area contributed by atoms with E-state index in [-0.39, 0.29) is 5.41 Å². The first kappa shape index (κ1) is 28.0. The highest BCUT2D eigenvalue weighted by atomic mass is 16.5. The van der Waals surface area contributed by atoms with E-state index in [0.29, 0.717) is 43.1 Å². The zero-order valence-corrected chi connectivity index (χ0v) is 25.0. The molecule has 2 fully saturated rings. The lowest BCUT2D eigenvalue weighted by molar-refractivity contribution is -0.102. The number of ether oxygens (including phenoxy) is 2. The van der Waals surface area contributed by atoms with Crippen molar-refractivity contribution in [3.05, 3.63) is 125 Å². The molecule has 0 amide bonds. The maximum absolute atomic E-state index is 12.5. The van der Waals surface area contributed by atoms with E-state index in [1.807, 2.05) is 54.6 Å². The van der Waals surface area contributed by atoms with Crippen LogP contribution in [0.3, 0.4) is 0 Å². The van der Waals surface area contributed by atoms with Crippen molar-refractivity contribution in [2.75, 3.05) is 0 Å². The highest BCUT2D eigenvalue weighted by Gasteiger charge is 2.61. The zero-order valence-electron chi connectivity index (χ0n) is 25.0. The SMILES string of the molecule is C[C@]12CC[C@@H]3c4ccc(O)cc4CC[C@H]3[C@@H]1CC[C@@]2(O)Cc1cc(OCc2ccccc2)cc(OCc2ccccc2)c1. The van der Waals surface area contributed by atoms with E-state index in [1.54, 1.807) is 0 Å². The molecule has 3 aliphatic carbocycles. The minimum absolute atomic E-state index is 0.144.